The van der Waals surface area contributed by atoms with Crippen molar-refractivity contribution in [3.05, 3.63) is 23.3 Å². The molecule has 0 bridgehead atoms. The molecule has 0 aliphatic carbocycles. The van der Waals surface area contributed by atoms with Crippen molar-refractivity contribution < 1.29 is 14.6 Å². The first-order valence-electron chi connectivity index (χ1n) is 5.57. The van der Waals surface area contributed by atoms with Crippen LogP contribution in [0.4, 0.5) is 0 Å². The van der Waals surface area contributed by atoms with Gasteiger partial charge in [0, 0.05) is 11.0 Å². The van der Waals surface area contributed by atoms with Crippen LogP contribution in [0.5, 0.6) is 11.5 Å². The van der Waals surface area contributed by atoms with Gasteiger partial charge in [0.05, 0.1) is 6.61 Å². The second kappa shape index (κ2) is 3.98. The summed E-state index contributed by atoms with van der Waals surface area (Å²) in [7, 11) is 0. The number of aliphatic hydroxyl groups excluding tert-OH is 1. The van der Waals surface area contributed by atoms with Gasteiger partial charge in [-0.1, -0.05) is 26.0 Å². The van der Waals surface area contributed by atoms with Gasteiger partial charge >= 0.3 is 0 Å². The Morgan fingerprint density at radius 1 is 1.19 bits per heavy atom. The molecule has 0 saturated carbocycles. The number of hydrogen-bond donors (Lipinski definition) is 1. The average Bonchev–Trinajstić information content (AvgIpc) is 2.29. The predicted octanol–water partition coefficient (Wildman–Crippen LogP) is 2.04. The van der Waals surface area contributed by atoms with Gasteiger partial charge in [-0.25, -0.2) is 0 Å². The number of aliphatic hydroxyl groups is 1. The topological polar surface area (TPSA) is 38.7 Å². The van der Waals surface area contributed by atoms with Crippen molar-refractivity contribution in [3.8, 4) is 11.5 Å². The minimum Gasteiger partial charge on any atom is -0.486 e. The highest BCUT2D eigenvalue weighted by Crippen LogP contribution is 2.42. The number of ether oxygens (including phenoxy) is 2. The molecule has 0 radical (unpaired) electrons. The molecule has 0 spiro atoms. The number of rotatable bonds is 2. The first-order valence-corrected chi connectivity index (χ1v) is 5.57. The fraction of sp³-hybridized carbons (Fsp3) is 0.538. The molecule has 16 heavy (non-hydrogen) atoms. The van der Waals surface area contributed by atoms with Gasteiger partial charge in [-0.3, -0.25) is 0 Å². The third-order valence-corrected chi connectivity index (χ3v) is 3.01. The smallest absolute Gasteiger partial charge is 0.165 e. The van der Waals surface area contributed by atoms with Crippen LogP contribution in [0.15, 0.2) is 12.1 Å². The van der Waals surface area contributed by atoms with Crippen molar-refractivity contribution in [2.24, 2.45) is 0 Å². The summed E-state index contributed by atoms with van der Waals surface area (Å²) in [6, 6.07) is 4.03. The van der Waals surface area contributed by atoms with Crippen molar-refractivity contribution in [3.63, 3.8) is 0 Å². The third kappa shape index (κ3) is 1.76. The Hall–Kier alpha value is -1.22. The minimum atomic E-state index is -0.307. The van der Waals surface area contributed by atoms with Gasteiger partial charge in [0.1, 0.15) is 13.2 Å². The Labute approximate surface area is 96.0 Å². The molecule has 0 fully saturated rings. The highest BCUT2D eigenvalue weighted by Gasteiger charge is 2.28. The van der Waals surface area contributed by atoms with E-state index < -0.39 is 0 Å². The molecular formula is C13H18O3. The molecule has 1 aliphatic heterocycles. The molecule has 3 heteroatoms. The second-order valence-electron chi connectivity index (χ2n) is 4.83. The molecule has 1 heterocycles. The highest BCUT2D eigenvalue weighted by molar-refractivity contribution is 5.54. The zero-order chi connectivity index (χ0) is 11.8. The molecule has 2 rings (SSSR count). The van der Waals surface area contributed by atoms with Crippen LogP contribution in [0.3, 0.4) is 0 Å². The van der Waals surface area contributed by atoms with Crippen molar-refractivity contribution in [1.82, 2.24) is 0 Å². The van der Waals surface area contributed by atoms with E-state index in [2.05, 4.69) is 0 Å². The van der Waals surface area contributed by atoms with Gasteiger partial charge in [0.25, 0.3) is 0 Å². The molecular weight excluding hydrogens is 204 g/mol. The summed E-state index contributed by atoms with van der Waals surface area (Å²) >= 11 is 0. The molecule has 1 N–H and O–H groups in total. The van der Waals surface area contributed by atoms with Gasteiger partial charge < -0.3 is 14.6 Å². The van der Waals surface area contributed by atoms with Crippen LogP contribution in [0.1, 0.15) is 25.0 Å². The number of benzene rings is 1. The second-order valence-corrected chi connectivity index (χ2v) is 4.83. The van der Waals surface area contributed by atoms with E-state index >= 15 is 0 Å². The van der Waals surface area contributed by atoms with Crippen LogP contribution >= 0.6 is 0 Å². The summed E-state index contributed by atoms with van der Waals surface area (Å²) in [5.41, 5.74) is 1.78. The van der Waals surface area contributed by atoms with Gasteiger partial charge in [0.15, 0.2) is 11.5 Å². The SMILES string of the molecule is Cc1ccc(C(C)(C)CO)c2c1OCCO2. The average molecular weight is 222 g/mol. The molecule has 0 unspecified atom stereocenters. The van der Waals surface area contributed by atoms with E-state index in [1.165, 1.54) is 0 Å². The van der Waals surface area contributed by atoms with Crippen LogP contribution in [0.2, 0.25) is 0 Å². The maximum absolute atomic E-state index is 9.42. The largest absolute Gasteiger partial charge is 0.486 e. The zero-order valence-corrected chi connectivity index (χ0v) is 10.0. The van der Waals surface area contributed by atoms with Gasteiger partial charge in [0.2, 0.25) is 0 Å². The monoisotopic (exact) mass is 222 g/mol. The molecule has 1 aromatic rings. The lowest BCUT2D eigenvalue weighted by Crippen LogP contribution is -2.26. The van der Waals surface area contributed by atoms with Gasteiger partial charge in [-0.05, 0) is 12.5 Å². The van der Waals surface area contributed by atoms with E-state index in [-0.39, 0.29) is 12.0 Å². The van der Waals surface area contributed by atoms with Crippen molar-refractivity contribution in [1.29, 1.82) is 0 Å². The van der Waals surface area contributed by atoms with E-state index in [4.69, 9.17) is 9.47 Å². The molecule has 3 nitrogen and oxygen atoms in total. The molecule has 0 aromatic heterocycles. The summed E-state index contributed by atoms with van der Waals surface area (Å²) in [5.74, 6) is 1.62. The van der Waals surface area contributed by atoms with Crippen molar-refractivity contribution in [2.75, 3.05) is 19.8 Å². The van der Waals surface area contributed by atoms with Crippen LogP contribution in [-0.4, -0.2) is 24.9 Å². The quantitative estimate of drug-likeness (QED) is 0.832. The van der Waals surface area contributed by atoms with E-state index in [1.807, 2.05) is 32.9 Å². The maximum Gasteiger partial charge on any atom is 0.165 e. The lowest BCUT2D eigenvalue weighted by molar-refractivity contribution is 0.160. The van der Waals surface area contributed by atoms with Gasteiger partial charge in [-0.2, -0.15) is 0 Å². The fourth-order valence-corrected chi connectivity index (χ4v) is 1.89. The van der Waals surface area contributed by atoms with Crippen LogP contribution in [0, 0.1) is 6.92 Å². The molecule has 0 saturated heterocycles. The first kappa shape index (κ1) is 11.3. The van der Waals surface area contributed by atoms with Crippen LogP contribution < -0.4 is 9.47 Å². The minimum absolute atomic E-state index is 0.0891. The lowest BCUT2D eigenvalue weighted by atomic mass is 9.84. The van der Waals surface area contributed by atoms with E-state index in [1.54, 1.807) is 0 Å². The Morgan fingerprint density at radius 3 is 2.44 bits per heavy atom. The molecule has 0 amide bonds. The molecule has 1 aromatic carbocycles. The van der Waals surface area contributed by atoms with E-state index in [0.717, 1.165) is 22.6 Å². The summed E-state index contributed by atoms with van der Waals surface area (Å²) in [4.78, 5) is 0. The highest BCUT2D eigenvalue weighted by atomic mass is 16.6. The number of hydrogen-bond acceptors (Lipinski definition) is 3. The van der Waals surface area contributed by atoms with Crippen molar-refractivity contribution in [2.45, 2.75) is 26.2 Å². The van der Waals surface area contributed by atoms with E-state index in [0.29, 0.717) is 13.2 Å². The van der Waals surface area contributed by atoms with Crippen molar-refractivity contribution >= 4 is 0 Å². The summed E-state index contributed by atoms with van der Waals surface area (Å²) < 4.78 is 11.3. The summed E-state index contributed by atoms with van der Waals surface area (Å²) in [6.07, 6.45) is 0. The summed E-state index contributed by atoms with van der Waals surface area (Å²) in [5, 5.41) is 9.42. The molecule has 1 aliphatic rings. The Bertz CT molecular complexity index is 396. The summed E-state index contributed by atoms with van der Waals surface area (Å²) in [6.45, 7) is 7.25. The zero-order valence-electron chi connectivity index (χ0n) is 10.0. The number of fused-ring (bicyclic) bond motifs is 1. The molecule has 0 atom stereocenters. The lowest BCUT2D eigenvalue weighted by Gasteiger charge is -2.29. The Kier molecular flexibility index (Phi) is 2.80. The van der Waals surface area contributed by atoms with Crippen LogP contribution in [-0.2, 0) is 5.41 Å². The Morgan fingerprint density at radius 2 is 1.81 bits per heavy atom. The predicted molar refractivity (Wildman–Crippen MR) is 62.3 cm³/mol. The van der Waals surface area contributed by atoms with Crippen LogP contribution in [0.25, 0.3) is 0 Å². The third-order valence-electron chi connectivity index (χ3n) is 3.01. The van der Waals surface area contributed by atoms with Gasteiger partial charge in [-0.15, -0.1) is 0 Å². The molecule has 88 valence electrons. The first-order chi connectivity index (χ1) is 7.56. The standard InChI is InChI=1S/C13H18O3/c1-9-4-5-10(13(2,3)8-14)12-11(9)15-6-7-16-12/h4-5,14H,6-8H2,1-3H3. The fourth-order valence-electron chi connectivity index (χ4n) is 1.89. The maximum atomic E-state index is 9.42. The number of aryl methyl sites for hydroxylation is 1. The van der Waals surface area contributed by atoms with E-state index in [9.17, 15) is 5.11 Å². The normalized spacial score (nSPS) is 15.0. The Balaban J connectivity index is 2.55.